The van der Waals surface area contributed by atoms with E-state index in [2.05, 4.69) is 5.32 Å². The van der Waals surface area contributed by atoms with E-state index in [4.69, 9.17) is 4.74 Å². The fourth-order valence-corrected chi connectivity index (χ4v) is 3.28. The molecule has 0 aliphatic carbocycles. The molecule has 0 saturated heterocycles. The summed E-state index contributed by atoms with van der Waals surface area (Å²) in [6, 6.07) is 11.9. The summed E-state index contributed by atoms with van der Waals surface area (Å²) in [6.07, 6.45) is 1.47. The van der Waals surface area contributed by atoms with Crippen molar-refractivity contribution in [2.45, 2.75) is 33.6 Å². The SMILES string of the molecule is CCOC(=O)c1cc(Cc2ccccc2)sc1NC(=O)[C@@H](C)CC. The molecule has 1 aromatic heterocycles. The number of esters is 1. The van der Waals surface area contributed by atoms with Gasteiger partial charge in [-0.15, -0.1) is 11.3 Å². The molecule has 0 aliphatic heterocycles. The van der Waals surface area contributed by atoms with Crippen LogP contribution in [0, 0.1) is 5.92 Å². The van der Waals surface area contributed by atoms with Gasteiger partial charge in [-0.05, 0) is 25.0 Å². The van der Waals surface area contributed by atoms with E-state index in [0.29, 0.717) is 17.2 Å². The lowest BCUT2D eigenvalue weighted by atomic mass is 10.1. The Hall–Kier alpha value is -2.14. The molecule has 2 rings (SSSR count). The molecule has 1 atom stereocenters. The molecule has 1 N–H and O–H groups in total. The van der Waals surface area contributed by atoms with E-state index >= 15 is 0 Å². The molecule has 0 fully saturated rings. The number of hydrogen-bond donors (Lipinski definition) is 1. The number of carbonyl (C=O) groups excluding carboxylic acids is 2. The van der Waals surface area contributed by atoms with Crippen LogP contribution >= 0.6 is 11.3 Å². The van der Waals surface area contributed by atoms with Crippen molar-refractivity contribution in [2.75, 3.05) is 11.9 Å². The molecule has 0 radical (unpaired) electrons. The average molecular weight is 345 g/mol. The van der Waals surface area contributed by atoms with Crippen molar-refractivity contribution >= 4 is 28.2 Å². The molecule has 1 amide bonds. The topological polar surface area (TPSA) is 55.4 Å². The number of amides is 1. The molecule has 0 unspecified atom stereocenters. The maximum atomic E-state index is 12.2. The Bertz CT molecular complexity index is 694. The number of anilines is 1. The van der Waals surface area contributed by atoms with Crippen LogP contribution in [-0.2, 0) is 16.0 Å². The number of ether oxygens (including phenoxy) is 1. The molecule has 1 aromatic carbocycles. The van der Waals surface area contributed by atoms with Crippen LogP contribution in [0.1, 0.15) is 48.0 Å². The van der Waals surface area contributed by atoms with Crippen molar-refractivity contribution in [1.29, 1.82) is 0 Å². The van der Waals surface area contributed by atoms with Gasteiger partial charge in [-0.1, -0.05) is 44.2 Å². The highest BCUT2D eigenvalue weighted by atomic mass is 32.1. The smallest absolute Gasteiger partial charge is 0.341 e. The second-order valence-electron chi connectivity index (χ2n) is 5.64. The zero-order chi connectivity index (χ0) is 17.5. The third kappa shape index (κ3) is 4.68. The Balaban J connectivity index is 2.26. The van der Waals surface area contributed by atoms with Crippen LogP contribution in [0.5, 0.6) is 0 Å². The zero-order valence-electron chi connectivity index (χ0n) is 14.3. The third-order valence-corrected chi connectivity index (χ3v) is 4.85. The molecule has 0 bridgehead atoms. The van der Waals surface area contributed by atoms with Crippen LogP contribution < -0.4 is 5.32 Å². The van der Waals surface area contributed by atoms with Crippen molar-refractivity contribution in [3.05, 3.63) is 52.4 Å². The number of thiophene rings is 1. The molecule has 24 heavy (non-hydrogen) atoms. The fraction of sp³-hybridized carbons (Fsp3) is 0.368. The molecule has 0 saturated carbocycles. The number of benzene rings is 1. The van der Waals surface area contributed by atoms with E-state index in [1.165, 1.54) is 11.3 Å². The molecular weight excluding hydrogens is 322 g/mol. The Kier molecular flexibility index (Phi) is 6.55. The van der Waals surface area contributed by atoms with Gasteiger partial charge >= 0.3 is 5.97 Å². The zero-order valence-corrected chi connectivity index (χ0v) is 15.1. The molecule has 0 spiro atoms. The van der Waals surface area contributed by atoms with Crippen LogP contribution in [0.3, 0.4) is 0 Å². The standard InChI is InChI=1S/C19H23NO3S/c1-4-13(3)17(21)20-18-16(19(22)23-5-2)12-15(24-18)11-14-9-7-6-8-10-14/h6-10,12-13H,4-5,11H2,1-3H3,(H,20,21)/t13-/m0/s1. The monoisotopic (exact) mass is 345 g/mol. The van der Waals surface area contributed by atoms with Crippen molar-refractivity contribution in [2.24, 2.45) is 5.92 Å². The maximum absolute atomic E-state index is 12.2. The van der Waals surface area contributed by atoms with Gasteiger partial charge in [-0.3, -0.25) is 4.79 Å². The highest BCUT2D eigenvalue weighted by molar-refractivity contribution is 7.16. The van der Waals surface area contributed by atoms with Crippen LogP contribution in [0.4, 0.5) is 5.00 Å². The quantitative estimate of drug-likeness (QED) is 0.752. The van der Waals surface area contributed by atoms with Gasteiger partial charge in [-0.2, -0.15) is 0 Å². The minimum Gasteiger partial charge on any atom is -0.462 e. The summed E-state index contributed by atoms with van der Waals surface area (Å²) in [7, 11) is 0. The van der Waals surface area contributed by atoms with Gasteiger partial charge in [0.25, 0.3) is 0 Å². The summed E-state index contributed by atoms with van der Waals surface area (Å²) >= 11 is 1.43. The molecule has 5 heteroatoms. The fourth-order valence-electron chi connectivity index (χ4n) is 2.20. The minimum absolute atomic E-state index is 0.0730. The Morgan fingerprint density at radius 3 is 2.54 bits per heavy atom. The van der Waals surface area contributed by atoms with Gasteiger partial charge in [0.05, 0.1) is 12.2 Å². The first kappa shape index (κ1) is 18.2. The van der Waals surface area contributed by atoms with Crippen molar-refractivity contribution < 1.29 is 14.3 Å². The molecule has 4 nitrogen and oxygen atoms in total. The summed E-state index contributed by atoms with van der Waals surface area (Å²) in [5.74, 6) is -0.566. The number of rotatable bonds is 7. The summed E-state index contributed by atoms with van der Waals surface area (Å²) in [4.78, 5) is 25.4. The van der Waals surface area contributed by atoms with Gasteiger partial charge in [0.2, 0.25) is 5.91 Å². The lowest BCUT2D eigenvalue weighted by Crippen LogP contribution is -2.20. The van der Waals surface area contributed by atoms with Crippen LogP contribution in [0.25, 0.3) is 0 Å². The minimum atomic E-state index is -0.396. The van der Waals surface area contributed by atoms with E-state index < -0.39 is 5.97 Å². The number of hydrogen-bond acceptors (Lipinski definition) is 4. The summed E-state index contributed by atoms with van der Waals surface area (Å²) < 4.78 is 5.12. The Labute approximate surface area is 146 Å². The normalized spacial score (nSPS) is 11.8. The van der Waals surface area contributed by atoms with E-state index in [1.807, 2.05) is 50.2 Å². The molecule has 0 aliphatic rings. The largest absolute Gasteiger partial charge is 0.462 e. The maximum Gasteiger partial charge on any atom is 0.341 e. The van der Waals surface area contributed by atoms with Crippen LogP contribution in [-0.4, -0.2) is 18.5 Å². The highest BCUT2D eigenvalue weighted by Crippen LogP contribution is 2.31. The first-order valence-electron chi connectivity index (χ1n) is 8.19. The first-order chi connectivity index (χ1) is 11.5. The van der Waals surface area contributed by atoms with Crippen LogP contribution in [0.2, 0.25) is 0 Å². The van der Waals surface area contributed by atoms with Gasteiger partial charge in [-0.25, -0.2) is 4.79 Å². The van der Waals surface area contributed by atoms with E-state index in [-0.39, 0.29) is 11.8 Å². The number of nitrogens with one attached hydrogen (secondary N) is 1. The molecule has 2 aromatic rings. The third-order valence-electron chi connectivity index (χ3n) is 3.80. The molecular formula is C19H23NO3S. The predicted molar refractivity (Wildman–Crippen MR) is 97.6 cm³/mol. The predicted octanol–water partition coefficient (Wildman–Crippen LogP) is 4.50. The molecule has 1 heterocycles. The first-order valence-corrected chi connectivity index (χ1v) is 9.01. The summed E-state index contributed by atoms with van der Waals surface area (Å²) in [6.45, 7) is 5.91. The lowest BCUT2D eigenvalue weighted by molar-refractivity contribution is -0.119. The van der Waals surface area contributed by atoms with Gasteiger partial charge in [0, 0.05) is 17.2 Å². The summed E-state index contributed by atoms with van der Waals surface area (Å²) in [5, 5.41) is 3.46. The molecule has 128 valence electrons. The highest BCUT2D eigenvalue weighted by Gasteiger charge is 2.20. The second-order valence-corrected chi connectivity index (χ2v) is 6.77. The average Bonchev–Trinajstić information content (AvgIpc) is 2.97. The Morgan fingerprint density at radius 1 is 1.21 bits per heavy atom. The van der Waals surface area contributed by atoms with Crippen molar-refractivity contribution in [1.82, 2.24) is 0 Å². The van der Waals surface area contributed by atoms with Gasteiger partial charge in [0.15, 0.2) is 0 Å². The van der Waals surface area contributed by atoms with Crippen LogP contribution in [0.15, 0.2) is 36.4 Å². The van der Waals surface area contributed by atoms with E-state index in [9.17, 15) is 9.59 Å². The second kappa shape index (κ2) is 8.64. The summed E-state index contributed by atoms with van der Waals surface area (Å²) in [5.41, 5.74) is 1.60. The van der Waals surface area contributed by atoms with E-state index in [1.54, 1.807) is 6.92 Å². The van der Waals surface area contributed by atoms with E-state index in [0.717, 1.165) is 23.3 Å². The van der Waals surface area contributed by atoms with Crippen molar-refractivity contribution in [3.63, 3.8) is 0 Å². The van der Waals surface area contributed by atoms with Gasteiger partial charge in [0.1, 0.15) is 5.00 Å². The van der Waals surface area contributed by atoms with Gasteiger partial charge < -0.3 is 10.1 Å². The van der Waals surface area contributed by atoms with Crippen molar-refractivity contribution in [3.8, 4) is 0 Å². The Morgan fingerprint density at radius 2 is 1.92 bits per heavy atom. The lowest BCUT2D eigenvalue weighted by Gasteiger charge is -2.09. The number of carbonyl (C=O) groups is 2.